The molecule has 3 aliphatic rings. The topological polar surface area (TPSA) is 16.9 Å². The van der Waals surface area contributed by atoms with Crippen LogP contribution >= 0.6 is 0 Å². The van der Waals surface area contributed by atoms with E-state index in [1.807, 2.05) is 0 Å². The monoisotopic (exact) mass is 313 g/mol. The average Bonchev–Trinajstić information content (AvgIpc) is 3.16. The number of allylic oxidation sites excluding steroid dienone is 3. The number of hydrogen-bond donors (Lipinski definition) is 0. The third kappa shape index (κ3) is 2.89. The molecule has 2 unspecified atom stereocenters. The summed E-state index contributed by atoms with van der Waals surface area (Å²) in [5.74, 6) is 2.14. The lowest BCUT2D eigenvalue weighted by molar-refractivity contribution is 0.0623. The van der Waals surface area contributed by atoms with Crippen LogP contribution in [0.15, 0.2) is 23.8 Å². The van der Waals surface area contributed by atoms with Crippen LogP contribution in [0.1, 0.15) is 60.3 Å². The second-order valence-electron chi connectivity index (χ2n) is 8.70. The average molecular weight is 313 g/mol. The molecule has 6 atom stereocenters. The van der Waals surface area contributed by atoms with Crippen LogP contribution in [-0.4, -0.2) is 17.2 Å². The van der Waals surface area contributed by atoms with Crippen molar-refractivity contribution in [2.45, 2.75) is 77.5 Å². The van der Waals surface area contributed by atoms with Crippen LogP contribution < -0.4 is 0 Å². The summed E-state index contributed by atoms with van der Waals surface area (Å²) in [6.45, 7) is 18.9. The van der Waals surface area contributed by atoms with Crippen molar-refractivity contribution < 1.29 is 4.74 Å². The predicted molar refractivity (Wildman–Crippen MR) is 95.0 cm³/mol. The molecule has 0 aromatic rings. The standard InChI is InChI=1S/C21H31NO/c1-14(2)7-10-19-21(5,23-19)18-11-12-20(4,22-6)17-9-8-15(3)13-16(17)18/h7,10,13-14,16-19H,8-9,11-12H2,1-5H3/b10-7+/t16-,17-,18-,19?,20-,21?/m0/s1. The van der Waals surface area contributed by atoms with Crippen LogP contribution in [0.3, 0.4) is 0 Å². The highest BCUT2D eigenvalue weighted by Gasteiger charge is 2.63. The van der Waals surface area contributed by atoms with Gasteiger partial charge in [0.2, 0.25) is 5.54 Å². The molecule has 2 fully saturated rings. The molecule has 0 spiro atoms. The van der Waals surface area contributed by atoms with Gasteiger partial charge in [-0.05, 0) is 50.9 Å². The fraction of sp³-hybridized carbons (Fsp3) is 0.762. The van der Waals surface area contributed by atoms with Gasteiger partial charge in [-0.1, -0.05) is 37.6 Å². The van der Waals surface area contributed by atoms with Crippen molar-refractivity contribution in [2.75, 3.05) is 0 Å². The van der Waals surface area contributed by atoms with E-state index in [-0.39, 0.29) is 17.2 Å². The molecule has 0 bridgehead atoms. The molecule has 0 amide bonds. The lowest BCUT2D eigenvalue weighted by atomic mass is 9.57. The highest BCUT2D eigenvalue weighted by molar-refractivity contribution is 5.24. The SMILES string of the molecule is [C-]#[N+][C@@]1(C)CC[C@H](C2(C)OC2/C=C/C(C)C)[C@H]2C=C(C)CC[C@@H]21. The van der Waals surface area contributed by atoms with E-state index in [9.17, 15) is 0 Å². The molecule has 2 nitrogen and oxygen atoms in total. The van der Waals surface area contributed by atoms with Gasteiger partial charge < -0.3 is 9.58 Å². The Hall–Kier alpha value is -1.07. The molecule has 2 aliphatic carbocycles. The van der Waals surface area contributed by atoms with E-state index >= 15 is 0 Å². The second-order valence-corrected chi connectivity index (χ2v) is 8.70. The third-order valence-corrected chi connectivity index (χ3v) is 6.57. The zero-order chi connectivity index (χ0) is 16.8. The lowest BCUT2D eigenvalue weighted by Crippen LogP contribution is -2.48. The molecule has 3 rings (SSSR count). The van der Waals surface area contributed by atoms with Gasteiger partial charge >= 0.3 is 0 Å². The maximum atomic E-state index is 7.72. The zero-order valence-corrected chi connectivity index (χ0v) is 15.3. The number of epoxide rings is 1. The molecule has 2 heteroatoms. The fourth-order valence-electron chi connectivity index (χ4n) is 4.95. The van der Waals surface area contributed by atoms with Gasteiger partial charge in [-0.15, -0.1) is 0 Å². The highest BCUT2D eigenvalue weighted by Crippen LogP contribution is 2.58. The van der Waals surface area contributed by atoms with Crippen LogP contribution in [0.2, 0.25) is 0 Å². The Labute approximate surface area is 141 Å². The molecular weight excluding hydrogens is 282 g/mol. The molecular formula is C21H31NO. The number of rotatable bonds is 3. The molecule has 1 heterocycles. The van der Waals surface area contributed by atoms with E-state index in [0.29, 0.717) is 23.7 Å². The Morgan fingerprint density at radius 2 is 2.04 bits per heavy atom. The summed E-state index contributed by atoms with van der Waals surface area (Å²) >= 11 is 0. The summed E-state index contributed by atoms with van der Waals surface area (Å²) in [4.78, 5) is 4.07. The maximum Gasteiger partial charge on any atom is 0.233 e. The number of ether oxygens (including phenoxy) is 1. The van der Waals surface area contributed by atoms with Crippen LogP contribution in [0, 0.1) is 30.2 Å². The maximum absolute atomic E-state index is 7.72. The third-order valence-electron chi connectivity index (χ3n) is 6.57. The van der Waals surface area contributed by atoms with E-state index in [2.05, 4.69) is 57.7 Å². The van der Waals surface area contributed by atoms with E-state index < -0.39 is 0 Å². The first kappa shape index (κ1) is 16.8. The molecule has 0 N–H and O–H groups in total. The fourth-order valence-corrected chi connectivity index (χ4v) is 4.95. The van der Waals surface area contributed by atoms with Crippen molar-refractivity contribution in [1.29, 1.82) is 0 Å². The highest BCUT2D eigenvalue weighted by atomic mass is 16.6. The first-order valence-electron chi connectivity index (χ1n) is 9.22. The van der Waals surface area contributed by atoms with Crippen molar-refractivity contribution >= 4 is 0 Å². The molecule has 0 aromatic heterocycles. The van der Waals surface area contributed by atoms with Crippen molar-refractivity contribution in [3.63, 3.8) is 0 Å². The Balaban J connectivity index is 1.84. The van der Waals surface area contributed by atoms with Crippen molar-refractivity contribution in [3.8, 4) is 0 Å². The summed E-state index contributed by atoms with van der Waals surface area (Å²) in [6.07, 6.45) is 11.8. The first-order chi connectivity index (χ1) is 10.8. The minimum atomic E-state index is -0.174. The summed E-state index contributed by atoms with van der Waals surface area (Å²) in [7, 11) is 0. The Morgan fingerprint density at radius 1 is 1.30 bits per heavy atom. The van der Waals surface area contributed by atoms with Crippen LogP contribution in [0.5, 0.6) is 0 Å². The summed E-state index contributed by atoms with van der Waals surface area (Å²) in [5.41, 5.74) is 1.31. The van der Waals surface area contributed by atoms with Gasteiger partial charge in [0.25, 0.3) is 0 Å². The summed E-state index contributed by atoms with van der Waals surface area (Å²) in [5, 5.41) is 0. The smallest absolute Gasteiger partial charge is 0.233 e. The summed E-state index contributed by atoms with van der Waals surface area (Å²) in [6, 6.07) is 0. The van der Waals surface area contributed by atoms with Gasteiger partial charge in [-0.2, -0.15) is 0 Å². The Morgan fingerprint density at radius 3 is 2.70 bits per heavy atom. The van der Waals surface area contributed by atoms with Gasteiger partial charge in [0.15, 0.2) is 0 Å². The van der Waals surface area contributed by atoms with E-state index in [1.165, 1.54) is 12.0 Å². The molecule has 0 aromatic carbocycles. The molecule has 1 aliphatic heterocycles. The number of nitrogens with zero attached hydrogens (tertiary/aromatic N) is 1. The minimum absolute atomic E-state index is 0.0220. The van der Waals surface area contributed by atoms with Crippen molar-refractivity contribution in [2.24, 2.45) is 23.7 Å². The zero-order valence-electron chi connectivity index (χ0n) is 15.3. The van der Waals surface area contributed by atoms with Crippen molar-refractivity contribution in [1.82, 2.24) is 0 Å². The molecule has 0 radical (unpaired) electrons. The van der Waals surface area contributed by atoms with E-state index in [0.717, 1.165) is 19.3 Å². The second kappa shape index (κ2) is 5.78. The van der Waals surface area contributed by atoms with Gasteiger partial charge in [-0.3, -0.25) is 0 Å². The predicted octanol–water partition coefficient (Wildman–Crippen LogP) is 5.42. The van der Waals surface area contributed by atoms with Crippen molar-refractivity contribution in [3.05, 3.63) is 35.2 Å². The molecule has 1 saturated carbocycles. The first-order valence-corrected chi connectivity index (χ1v) is 9.22. The molecule has 23 heavy (non-hydrogen) atoms. The minimum Gasteiger partial charge on any atom is -0.362 e. The van der Waals surface area contributed by atoms with Gasteiger partial charge in [0, 0.05) is 19.3 Å². The van der Waals surface area contributed by atoms with Crippen LogP contribution in [0.4, 0.5) is 0 Å². The van der Waals surface area contributed by atoms with Gasteiger partial charge in [0.1, 0.15) is 6.10 Å². The largest absolute Gasteiger partial charge is 0.362 e. The van der Waals surface area contributed by atoms with Crippen LogP contribution in [0.25, 0.3) is 4.85 Å². The van der Waals surface area contributed by atoms with Gasteiger partial charge in [0.05, 0.1) is 5.60 Å². The Kier molecular flexibility index (Phi) is 4.21. The van der Waals surface area contributed by atoms with Crippen LogP contribution in [-0.2, 0) is 4.74 Å². The quantitative estimate of drug-likeness (QED) is 0.386. The lowest BCUT2D eigenvalue weighted by Gasteiger charge is -2.45. The molecule has 126 valence electrons. The number of fused-ring (bicyclic) bond motifs is 1. The van der Waals surface area contributed by atoms with E-state index in [4.69, 9.17) is 11.3 Å². The van der Waals surface area contributed by atoms with Gasteiger partial charge in [-0.25, -0.2) is 6.57 Å². The summed E-state index contributed by atoms with van der Waals surface area (Å²) < 4.78 is 6.19. The normalized spacial score (nSPS) is 46.4. The molecule has 1 saturated heterocycles. The number of hydrogen-bond acceptors (Lipinski definition) is 1. The van der Waals surface area contributed by atoms with E-state index in [1.54, 1.807) is 0 Å². The Bertz CT molecular complexity index is 569.